The Kier molecular flexibility index (Phi) is 6.16. The van der Waals surface area contributed by atoms with E-state index in [2.05, 4.69) is 39.9 Å². The average Bonchev–Trinajstić information content (AvgIpc) is 2.34. The fourth-order valence-corrected chi connectivity index (χ4v) is 3.34. The van der Waals surface area contributed by atoms with Gasteiger partial charge in [-0.05, 0) is 42.9 Å². The molecule has 0 aromatic carbocycles. The van der Waals surface area contributed by atoms with Crippen molar-refractivity contribution in [2.45, 2.75) is 66.3 Å². The molecule has 0 aromatic heterocycles. The minimum absolute atomic E-state index is 0.106. The zero-order valence-corrected chi connectivity index (χ0v) is 13.9. The first-order chi connectivity index (χ1) is 8.75. The molecule has 1 aliphatic carbocycles. The van der Waals surface area contributed by atoms with Gasteiger partial charge in [-0.3, -0.25) is 4.79 Å². The monoisotopic (exact) mass is 287 g/mol. The first kappa shape index (κ1) is 16.8. The zero-order chi connectivity index (χ0) is 14.6. The Balaban J connectivity index is 2.45. The van der Waals surface area contributed by atoms with Gasteiger partial charge in [-0.25, -0.2) is 0 Å². The van der Waals surface area contributed by atoms with Crippen LogP contribution >= 0.6 is 11.6 Å². The van der Waals surface area contributed by atoms with Crippen LogP contribution < -0.4 is 5.32 Å². The van der Waals surface area contributed by atoms with Gasteiger partial charge < -0.3 is 5.32 Å². The quantitative estimate of drug-likeness (QED) is 0.771. The second-order valence-corrected chi connectivity index (χ2v) is 7.74. The first-order valence-corrected chi connectivity index (χ1v) is 8.15. The second-order valence-electron chi connectivity index (χ2n) is 7.43. The van der Waals surface area contributed by atoms with E-state index in [-0.39, 0.29) is 17.9 Å². The van der Waals surface area contributed by atoms with Crippen molar-refractivity contribution in [1.29, 1.82) is 0 Å². The topological polar surface area (TPSA) is 29.1 Å². The number of halogens is 1. The summed E-state index contributed by atoms with van der Waals surface area (Å²) in [5.41, 5.74) is 0.373. The van der Waals surface area contributed by atoms with E-state index >= 15 is 0 Å². The van der Waals surface area contributed by atoms with Gasteiger partial charge in [0.2, 0.25) is 5.91 Å². The minimum Gasteiger partial charge on any atom is -0.352 e. The van der Waals surface area contributed by atoms with E-state index in [1.165, 1.54) is 12.8 Å². The number of amides is 1. The number of alkyl halides is 1. The molecule has 1 fully saturated rings. The van der Waals surface area contributed by atoms with Gasteiger partial charge in [0.25, 0.3) is 0 Å². The van der Waals surface area contributed by atoms with Gasteiger partial charge in [-0.1, -0.05) is 34.6 Å². The van der Waals surface area contributed by atoms with Crippen molar-refractivity contribution < 1.29 is 4.79 Å². The molecule has 1 unspecified atom stereocenters. The smallest absolute Gasteiger partial charge is 0.223 e. The molecule has 0 bridgehead atoms. The Morgan fingerprint density at radius 1 is 1.21 bits per heavy atom. The molecular formula is C16H30ClNO. The van der Waals surface area contributed by atoms with Crippen LogP contribution in [0, 0.1) is 23.2 Å². The zero-order valence-electron chi connectivity index (χ0n) is 13.1. The third-order valence-electron chi connectivity index (χ3n) is 4.62. The largest absolute Gasteiger partial charge is 0.352 e. The summed E-state index contributed by atoms with van der Waals surface area (Å²) < 4.78 is 0. The van der Waals surface area contributed by atoms with Crippen molar-refractivity contribution in [2.24, 2.45) is 23.2 Å². The molecule has 0 aliphatic heterocycles. The number of hydrogen-bond acceptors (Lipinski definition) is 1. The molecule has 0 saturated heterocycles. The Morgan fingerprint density at radius 2 is 1.74 bits per heavy atom. The number of rotatable bonds is 4. The highest BCUT2D eigenvalue weighted by Gasteiger charge is 2.32. The summed E-state index contributed by atoms with van der Waals surface area (Å²) in [6.45, 7) is 11.1. The summed E-state index contributed by atoms with van der Waals surface area (Å²) in [6, 6.07) is 0.106. The van der Waals surface area contributed by atoms with E-state index < -0.39 is 0 Å². The third-order valence-corrected chi connectivity index (χ3v) is 4.95. The van der Waals surface area contributed by atoms with Crippen molar-refractivity contribution >= 4 is 17.5 Å². The molecule has 3 heteroatoms. The van der Waals surface area contributed by atoms with Gasteiger partial charge in [-0.15, -0.1) is 11.6 Å². The van der Waals surface area contributed by atoms with Gasteiger partial charge in [-0.2, -0.15) is 0 Å². The lowest BCUT2D eigenvalue weighted by Gasteiger charge is -2.37. The molecule has 1 aliphatic rings. The van der Waals surface area contributed by atoms with Crippen molar-refractivity contribution in [3.05, 3.63) is 0 Å². The Hall–Kier alpha value is -0.240. The van der Waals surface area contributed by atoms with Crippen LogP contribution in [0.5, 0.6) is 0 Å². The van der Waals surface area contributed by atoms with Gasteiger partial charge in [0.05, 0.1) is 0 Å². The maximum Gasteiger partial charge on any atom is 0.223 e. The molecule has 1 amide bonds. The molecule has 1 atom stereocenters. The predicted octanol–water partition coefficient (Wildman–Crippen LogP) is 4.22. The van der Waals surface area contributed by atoms with Gasteiger partial charge in [0.15, 0.2) is 0 Å². The molecular weight excluding hydrogens is 258 g/mol. The molecule has 0 radical (unpaired) electrons. The van der Waals surface area contributed by atoms with Gasteiger partial charge >= 0.3 is 0 Å². The number of carbonyl (C=O) groups excluding carboxylic acids is 1. The molecule has 2 nitrogen and oxygen atoms in total. The molecule has 1 saturated carbocycles. The predicted molar refractivity (Wildman–Crippen MR) is 82.4 cm³/mol. The second kappa shape index (κ2) is 6.97. The highest BCUT2D eigenvalue weighted by Crippen LogP contribution is 2.39. The maximum atomic E-state index is 12.3. The standard InChI is InChI=1S/C16H30ClNO/c1-11(2)14(10-17)18-15(19)12-6-8-13(9-7-12)16(3,4)5/h11-14H,6-10H2,1-5H3,(H,18,19). The Labute approximate surface area is 123 Å². The van der Waals surface area contributed by atoms with Crippen LogP contribution in [0.1, 0.15) is 60.3 Å². The van der Waals surface area contributed by atoms with E-state index in [9.17, 15) is 4.79 Å². The molecule has 0 aromatic rings. The van der Waals surface area contributed by atoms with Crippen molar-refractivity contribution in [3.8, 4) is 0 Å². The van der Waals surface area contributed by atoms with Crippen molar-refractivity contribution in [2.75, 3.05) is 5.88 Å². The normalized spacial score (nSPS) is 26.3. The molecule has 1 N–H and O–H groups in total. The summed E-state index contributed by atoms with van der Waals surface area (Å²) in [5.74, 6) is 2.06. The van der Waals surface area contributed by atoms with E-state index in [1.807, 2.05) is 0 Å². The minimum atomic E-state index is 0.106. The third kappa shape index (κ3) is 4.98. The van der Waals surface area contributed by atoms with Crippen molar-refractivity contribution in [3.63, 3.8) is 0 Å². The fourth-order valence-electron chi connectivity index (χ4n) is 2.91. The van der Waals surface area contributed by atoms with E-state index in [1.54, 1.807) is 0 Å². The van der Waals surface area contributed by atoms with Crippen LogP contribution in [0.4, 0.5) is 0 Å². The van der Waals surface area contributed by atoms with Crippen LogP contribution in [0.25, 0.3) is 0 Å². The maximum absolute atomic E-state index is 12.3. The van der Waals surface area contributed by atoms with E-state index in [0.717, 1.165) is 18.8 Å². The summed E-state index contributed by atoms with van der Waals surface area (Å²) in [6.07, 6.45) is 4.41. The molecule has 112 valence electrons. The highest BCUT2D eigenvalue weighted by atomic mass is 35.5. The van der Waals surface area contributed by atoms with Crippen LogP contribution in [-0.4, -0.2) is 17.8 Å². The lowest BCUT2D eigenvalue weighted by molar-refractivity contribution is -0.127. The van der Waals surface area contributed by atoms with Crippen molar-refractivity contribution in [1.82, 2.24) is 5.32 Å². The fraction of sp³-hybridized carbons (Fsp3) is 0.938. The number of carbonyl (C=O) groups is 1. The van der Waals surface area contributed by atoms with Crippen LogP contribution in [0.15, 0.2) is 0 Å². The molecule has 19 heavy (non-hydrogen) atoms. The number of hydrogen-bond donors (Lipinski definition) is 1. The molecule has 0 spiro atoms. The SMILES string of the molecule is CC(C)C(CCl)NC(=O)C1CCC(C(C)(C)C)CC1. The average molecular weight is 288 g/mol. The lowest BCUT2D eigenvalue weighted by Crippen LogP contribution is -2.44. The summed E-state index contributed by atoms with van der Waals surface area (Å²) >= 11 is 5.91. The van der Waals surface area contributed by atoms with E-state index in [4.69, 9.17) is 11.6 Å². The molecule has 0 heterocycles. The number of nitrogens with one attached hydrogen (secondary N) is 1. The van der Waals surface area contributed by atoms with Crippen LogP contribution in [-0.2, 0) is 4.79 Å². The summed E-state index contributed by atoms with van der Waals surface area (Å²) in [4.78, 5) is 12.3. The van der Waals surface area contributed by atoms with E-state index in [0.29, 0.717) is 17.2 Å². The summed E-state index contributed by atoms with van der Waals surface area (Å²) in [5, 5.41) is 3.12. The van der Waals surface area contributed by atoms with Crippen LogP contribution in [0.3, 0.4) is 0 Å². The van der Waals surface area contributed by atoms with Crippen LogP contribution in [0.2, 0.25) is 0 Å². The van der Waals surface area contributed by atoms with Gasteiger partial charge in [0.1, 0.15) is 0 Å². The lowest BCUT2D eigenvalue weighted by atomic mass is 9.69. The molecule has 1 rings (SSSR count). The highest BCUT2D eigenvalue weighted by molar-refractivity contribution is 6.18. The van der Waals surface area contributed by atoms with Gasteiger partial charge in [0, 0.05) is 17.8 Å². The summed E-state index contributed by atoms with van der Waals surface area (Å²) in [7, 11) is 0. The Bertz CT molecular complexity index is 288. The Morgan fingerprint density at radius 3 is 2.11 bits per heavy atom. The first-order valence-electron chi connectivity index (χ1n) is 7.62.